The van der Waals surface area contributed by atoms with Gasteiger partial charge in [-0.25, -0.2) is 0 Å². The van der Waals surface area contributed by atoms with E-state index in [4.69, 9.17) is 10.5 Å². The number of hydrogen-bond donors (Lipinski definition) is 2. The Morgan fingerprint density at radius 3 is 2.37 bits per heavy atom. The molecule has 0 spiro atoms. The van der Waals surface area contributed by atoms with Gasteiger partial charge in [0, 0.05) is 12.2 Å². The summed E-state index contributed by atoms with van der Waals surface area (Å²) in [6.07, 6.45) is 0. The van der Waals surface area contributed by atoms with Crippen LogP contribution in [0.3, 0.4) is 0 Å². The van der Waals surface area contributed by atoms with Gasteiger partial charge >= 0.3 is 0 Å². The number of ether oxygens (including phenoxy) is 1. The van der Waals surface area contributed by atoms with Crippen molar-refractivity contribution in [3.63, 3.8) is 0 Å². The molecular weight excluding hydrogens is 240 g/mol. The van der Waals surface area contributed by atoms with E-state index in [1.54, 1.807) is 7.11 Å². The molecule has 0 atom stereocenters. The topological polar surface area (TPSA) is 64.3 Å². The van der Waals surface area contributed by atoms with Crippen LogP contribution in [0, 0.1) is 26.2 Å². The largest absolute Gasteiger partial charge is 0.496 e. The zero-order valence-electron chi connectivity index (χ0n) is 12.7. The number of nitrogens with one attached hydrogen (secondary N) is 1. The number of carbonyl (C=O) groups is 1. The first-order chi connectivity index (χ1) is 8.74. The molecule has 0 bridgehead atoms. The monoisotopic (exact) mass is 264 g/mol. The summed E-state index contributed by atoms with van der Waals surface area (Å²) in [5.74, 6) is 0.775. The highest BCUT2D eigenvalue weighted by atomic mass is 16.5. The summed E-state index contributed by atoms with van der Waals surface area (Å²) in [5, 5.41) is 2.99. The fraction of sp³-hybridized carbons (Fsp3) is 0.533. The minimum atomic E-state index is -0.577. The van der Waals surface area contributed by atoms with Crippen LogP contribution in [0.5, 0.6) is 5.75 Å². The number of amides is 1. The smallest absolute Gasteiger partial charge is 0.231 e. The third kappa shape index (κ3) is 3.07. The molecule has 1 amide bonds. The van der Waals surface area contributed by atoms with Crippen LogP contribution in [0.1, 0.15) is 30.5 Å². The fourth-order valence-electron chi connectivity index (χ4n) is 1.82. The lowest BCUT2D eigenvalue weighted by Gasteiger charge is -2.24. The van der Waals surface area contributed by atoms with E-state index in [1.165, 1.54) is 0 Å². The molecule has 0 aliphatic carbocycles. The van der Waals surface area contributed by atoms with Crippen molar-refractivity contribution in [1.82, 2.24) is 0 Å². The Morgan fingerprint density at radius 1 is 1.32 bits per heavy atom. The van der Waals surface area contributed by atoms with Crippen molar-refractivity contribution in [3.05, 3.63) is 22.8 Å². The van der Waals surface area contributed by atoms with E-state index in [2.05, 4.69) is 5.32 Å². The Labute approximate surface area is 115 Å². The lowest BCUT2D eigenvalue weighted by molar-refractivity contribution is -0.123. The van der Waals surface area contributed by atoms with Crippen molar-refractivity contribution >= 4 is 11.6 Å². The maximum absolute atomic E-state index is 12.2. The number of methoxy groups -OCH3 is 1. The van der Waals surface area contributed by atoms with Gasteiger partial charge in [0.25, 0.3) is 0 Å². The molecule has 3 N–H and O–H groups in total. The Bertz CT molecular complexity index is 493. The van der Waals surface area contributed by atoms with Crippen molar-refractivity contribution in [3.8, 4) is 5.75 Å². The molecule has 1 aromatic carbocycles. The lowest BCUT2D eigenvalue weighted by Crippen LogP contribution is -2.37. The molecule has 0 radical (unpaired) electrons. The highest BCUT2D eigenvalue weighted by molar-refractivity contribution is 5.96. The Hall–Kier alpha value is -1.55. The van der Waals surface area contributed by atoms with E-state index in [0.29, 0.717) is 6.54 Å². The molecule has 106 valence electrons. The average molecular weight is 264 g/mol. The first-order valence-electron chi connectivity index (χ1n) is 6.41. The van der Waals surface area contributed by atoms with Crippen molar-refractivity contribution in [2.75, 3.05) is 19.0 Å². The first kappa shape index (κ1) is 15.5. The van der Waals surface area contributed by atoms with Gasteiger partial charge in [0.1, 0.15) is 5.75 Å². The van der Waals surface area contributed by atoms with Gasteiger partial charge in [0.05, 0.1) is 12.5 Å². The van der Waals surface area contributed by atoms with Gasteiger partial charge in [0.2, 0.25) is 5.91 Å². The Morgan fingerprint density at radius 2 is 1.89 bits per heavy atom. The second kappa shape index (κ2) is 5.61. The number of aryl methyl sites for hydroxylation is 1. The molecule has 19 heavy (non-hydrogen) atoms. The van der Waals surface area contributed by atoms with Crippen molar-refractivity contribution in [2.24, 2.45) is 11.1 Å². The van der Waals surface area contributed by atoms with Gasteiger partial charge in [0.15, 0.2) is 0 Å². The summed E-state index contributed by atoms with van der Waals surface area (Å²) in [7, 11) is 1.65. The van der Waals surface area contributed by atoms with E-state index in [9.17, 15) is 4.79 Å². The van der Waals surface area contributed by atoms with Gasteiger partial charge in [-0.1, -0.05) is 0 Å². The maximum Gasteiger partial charge on any atom is 0.231 e. The first-order valence-corrected chi connectivity index (χ1v) is 6.41. The summed E-state index contributed by atoms with van der Waals surface area (Å²) in [5.41, 5.74) is 8.96. The zero-order valence-corrected chi connectivity index (χ0v) is 12.7. The second-order valence-electron chi connectivity index (χ2n) is 5.56. The van der Waals surface area contributed by atoms with Crippen LogP contribution < -0.4 is 15.8 Å². The maximum atomic E-state index is 12.2. The standard InChI is InChI=1S/C15H24N2O2/c1-9-7-12(19-6)10(2)11(3)13(9)17-14(18)15(4,5)8-16/h7H,8,16H2,1-6H3,(H,17,18). The van der Waals surface area contributed by atoms with Gasteiger partial charge in [-0.05, 0) is 57.4 Å². The molecular formula is C15H24N2O2. The number of hydrogen-bond acceptors (Lipinski definition) is 3. The summed E-state index contributed by atoms with van der Waals surface area (Å²) in [6.45, 7) is 9.91. The van der Waals surface area contributed by atoms with Crippen LogP contribution in [0.2, 0.25) is 0 Å². The van der Waals surface area contributed by atoms with Crippen LogP contribution in [0.15, 0.2) is 6.07 Å². The minimum absolute atomic E-state index is 0.0641. The molecule has 0 aliphatic heterocycles. The summed E-state index contributed by atoms with van der Waals surface area (Å²) < 4.78 is 5.32. The molecule has 0 fully saturated rings. The van der Waals surface area contributed by atoms with Crippen molar-refractivity contribution in [1.29, 1.82) is 0 Å². The van der Waals surface area contributed by atoms with Crippen LogP contribution in [-0.4, -0.2) is 19.6 Å². The van der Waals surface area contributed by atoms with E-state index in [0.717, 1.165) is 28.1 Å². The quantitative estimate of drug-likeness (QED) is 0.878. The third-order valence-electron chi connectivity index (χ3n) is 3.63. The van der Waals surface area contributed by atoms with E-state index in [1.807, 2.05) is 40.7 Å². The normalized spacial score (nSPS) is 11.3. The minimum Gasteiger partial charge on any atom is -0.496 e. The molecule has 0 heterocycles. The molecule has 1 aromatic rings. The summed E-state index contributed by atoms with van der Waals surface area (Å²) in [4.78, 5) is 12.2. The van der Waals surface area contributed by atoms with Crippen molar-refractivity contribution in [2.45, 2.75) is 34.6 Å². The third-order valence-corrected chi connectivity index (χ3v) is 3.63. The molecule has 0 saturated heterocycles. The molecule has 0 unspecified atom stereocenters. The van der Waals surface area contributed by atoms with Crippen molar-refractivity contribution < 1.29 is 9.53 Å². The number of carbonyl (C=O) groups excluding carboxylic acids is 1. The number of anilines is 1. The molecule has 0 aliphatic rings. The molecule has 4 nitrogen and oxygen atoms in total. The predicted octanol–water partition coefficient (Wildman–Crippen LogP) is 2.54. The predicted molar refractivity (Wildman–Crippen MR) is 78.7 cm³/mol. The van der Waals surface area contributed by atoms with Gasteiger partial charge < -0.3 is 15.8 Å². The molecule has 0 aromatic heterocycles. The second-order valence-corrected chi connectivity index (χ2v) is 5.56. The van der Waals surface area contributed by atoms with Gasteiger partial charge in [-0.3, -0.25) is 4.79 Å². The van der Waals surface area contributed by atoms with Crippen LogP contribution in [0.25, 0.3) is 0 Å². The van der Waals surface area contributed by atoms with E-state index in [-0.39, 0.29) is 5.91 Å². The summed E-state index contributed by atoms with van der Waals surface area (Å²) >= 11 is 0. The lowest BCUT2D eigenvalue weighted by atomic mass is 9.92. The van der Waals surface area contributed by atoms with Crippen LogP contribution in [0.4, 0.5) is 5.69 Å². The SMILES string of the molecule is COc1cc(C)c(NC(=O)C(C)(C)CN)c(C)c1C. The molecule has 4 heteroatoms. The number of benzene rings is 1. The highest BCUT2D eigenvalue weighted by Gasteiger charge is 2.27. The van der Waals surface area contributed by atoms with Gasteiger partial charge in [-0.15, -0.1) is 0 Å². The Kier molecular flexibility index (Phi) is 4.58. The number of nitrogens with two attached hydrogens (primary N) is 1. The molecule has 0 saturated carbocycles. The highest BCUT2D eigenvalue weighted by Crippen LogP contribution is 2.32. The van der Waals surface area contributed by atoms with E-state index >= 15 is 0 Å². The van der Waals surface area contributed by atoms with Crippen LogP contribution >= 0.6 is 0 Å². The van der Waals surface area contributed by atoms with Crippen LogP contribution in [-0.2, 0) is 4.79 Å². The zero-order chi connectivity index (χ0) is 14.8. The average Bonchev–Trinajstić information content (AvgIpc) is 2.38. The van der Waals surface area contributed by atoms with Gasteiger partial charge in [-0.2, -0.15) is 0 Å². The van der Waals surface area contributed by atoms with E-state index < -0.39 is 5.41 Å². The number of rotatable bonds is 4. The Balaban J connectivity index is 3.16. The fourth-order valence-corrected chi connectivity index (χ4v) is 1.82. The molecule has 1 rings (SSSR count). The summed E-state index contributed by atoms with van der Waals surface area (Å²) in [6, 6.07) is 1.94.